The Balaban J connectivity index is 1.45. The van der Waals surface area contributed by atoms with E-state index >= 15 is 0 Å². The molecule has 31 heavy (non-hydrogen) atoms. The lowest BCUT2D eigenvalue weighted by Gasteiger charge is -2.13. The number of aromatic nitrogens is 3. The van der Waals surface area contributed by atoms with Crippen molar-refractivity contribution in [3.8, 4) is 17.0 Å². The van der Waals surface area contributed by atoms with E-state index in [4.69, 9.17) is 0 Å². The van der Waals surface area contributed by atoms with Crippen LogP contribution in [-0.2, 0) is 0 Å². The van der Waals surface area contributed by atoms with Gasteiger partial charge in [0.15, 0.2) is 5.65 Å². The zero-order valence-electron chi connectivity index (χ0n) is 16.5. The Bertz CT molecular complexity index is 1320. The number of aliphatic hydroxyl groups excluding tert-OH is 1. The van der Waals surface area contributed by atoms with E-state index in [1.807, 2.05) is 48.5 Å². The monoisotopic (exact) mass is 425 g/mol. The summed E-state index contributed by atoms with van der Waals surface area (Å²) in [6.07, 6.45) is 2.20. The molecule has 0 amide bonds. The van der Waals surface area contributed by atoms with Crippen LogP contribution in [0.15, 0.2) is 107 Å². The summed E-state index contributed by atoms with van der Waals surface area (Å²) >= 11 is 1.70. The molecule has 0 aliphatic heterocycles. The molecule has 0 radical (unpaired) electrons. The molecule has 5 rings (SSSR count). The Hall–Kier alpha value is -3.61. The normalized spacial score (nSPS) is 12.2. The van der Waals surface area contributed by atoms with Crippen LogP contribution in [0, 0.1) is 0 Å². The fourth-order valence-corrected chi connectivity index (χ4v) is 4.31. The molecule has 0 aliphatic rings. The number of benzene rings is 3. The molecular formula is C25H19N3O2S. The molecule has 5 aromatic rings. The summed E-state index contributed by atoms with van der Waals surface area (Å²) in [6, 6.07) is 27.5. The van der Waals surface area contributed by atoms with Crippen molar-refractivity contribution in [1.82, 2.24) is 14.6 Å². The zero-order valence-corrected chi connectivity index (χ0v) is 17.3. The number of rotatable bonds is 5. The maximum atomic E-state index is 10.7. The highest BCUT2D eigenvalue weighted by molar-refractivity contribution is 7.99. The highest BCUT2D eigenvalue weighted by Gasteiger charge is 2.20. The standard InChI is InChI=1S/C25H19N3O2S/c29-23(18-7-3-1-4-8-18)22-15-26-24-21(16-27-28(24)25(22)30)17-11-13-20(14-12-17)31-19-9-5-2-6-10-19/h1-16,23,29-30H. The average Bonchev–Trinajstić information content (AvgIpc) is 3.26. The van der Waals surface area contributed by atoms with Gasteiger partial charge < -0.3 is 10.2 Å². The Morgan fingerprint density at radius 1 is 0.774 bits per heavy atom. The summed E-state index contributed by atoms with van der Waals surface area (Å²) in [5, 5.41) is 25.7. The van der Waals surface area contributed by atoms with Gasteiger partial charge in [-0.25, -0.2) is 4.98 Å². The Labute approximate surface area is 183 Å². The SMILES string of the molecule is Oc1c(C(O)c2ccccc2)cnc2c(-c3ccc(Sc4ccccc4)cc3)cnn12. The molecule has 0 bridgehead atoms. The van der Waals surface area contributed by atoms with Crippen molar-refractivity contribution in [2.45, 2.75) is 15.9 Å². The van der Waals surface area contributed by atoms with Crippen molar-refractivity contribution in [1.29, 1.82) is 0 Å². The van der Waals surface area contributed by atoms with Gasteiger partial charge in [-0.3, -0.25) is 0 Å². The van der Waals surface area contributed by atoms with Crippen LogP contribution in [0.2, 0.25) is 0 Å². The van der Waals surface area contributed by atoms with E-state index in [-0.39, 0.29) is 5.88 Å². The molecule has 5 nitrogen and oxygen atoms in total. The lowest BCUT2D eigenvalue weighted by molar-refractivity contribution is 0.213. The lowest BCUT2D eigenvalue weighted by atomic mass is 10.0. The van der Waals surface area contributed by atoms with Gasteiger partial charge >= 0.3 is 0 Å². The number of hydrogen-bond donors (Lipinski definition) is 2. The summed E-state index contributed by atoms with van der Waals surface area (Å²) in [6.45, 7) is 0. The molecule has 2 aromatic heterocycles. The third-order valence-corrected chi connectivity index (χ3v) is 6.10. The first-order valence-corrected chi connectivity index (χ1v) is 10.6. The minimum Gasteiger partial charge on any atom is -0.493 e. The Kier molecular flexibility index (Phi) is 5.16. The molecule has 0 saturated heterocycles. The molecule has 0 saturated carbocycles. The van der Waals surface area contributed by atoms with Crippen LogP contribution in [0.1, 0.15) is 17.2 Å². The maximum absolute atomic E-state index is 10.7. The van der Waals surface area contributed by atoms with E-state index in [1.165, 1.54) is 15.6 Å². The first kappa shape index (κ1) is 19.4. The van der Waals surface area contributed by atoms with Crippen LogP contribution in [0.25, 0.3) is 16.8 Å². The molecule has 0 spiro atoms. The Morgan fingerprint density at radius 3 is 2.13 bits per heavy atom. The molecule has 6 heteroatoms. The van der Waals surface area contributed by atoms with Crippen LogP contribution in [0.4, 0.5) is 0 Å². The molecule has 1 atom stereocenters. The topological polar surface area (TPSA) is 70.7 Å². The number of aromatic hydroxyl groups is 1. The third kappa shape index (κ3) is 3.79. The van der Waals surface area contributed by atoms with Crippen molar-refractivity contribution >= 4 is 17.4 Å². The van der Waals surface area contributed by atoms with E-state index in [2.05, 4.69) is 34.3 Å². The molecule has 0 fully saturated rings. The van der Waals surface area contributed by atoms with E-state index in [9.17, 15) is 10.2 Å². The zero-order chi connectivity index (χ0) is 21.2. The van der Waals surface area contributed by atoms with Gasteiger partial charge in [-0.15, -0.1) is 0 Å². The summed E-state index contributed by atoms with van der Waals surface area (Å²) in [7, 11) is 0. The quantitative estimate of drug-likeness (QED) is 0.398. The highest BCUT2D eigenvalue weighted by Crippen LogP contribution is 2.33. The molecule has 2 heterocycles. The summed E-state index contributed by atoms with van der Waals surface area (Å²) in [4.78, 5) is 6.81. The fourth-order valence-electron chi connectivity index (χ4n) is 3.47. The van der Waals surface area contributed by atoms with Gasteiger partial charge in [-0.05, 0) is 35.4 Å². The van der Waals surface area contributed by atoms with E-state index in [0.29, 0.717) is 16.8 Å². The second-order valence-corrected chi connectivity index (χ2v) is 8.23. The van der Waals surface area contributed by atoms with Crippen molar-refractivity contribution in [2.75, 3.05) is 0 Å². The molecular weight excluding hydrogens is 406 g/mol. The molecule has 2 N–H and O–H groups in total. The second kappa shape index (κ2) is 8.26. The number of fused-ring (bicyclic) bond motifs is 1. The molecule has 152 valence electrons. The van der Waals surface area contributed by atoms with Gasteiger partial charge in [0.25, 0.3) is 0 Å². The molecule has 3 aromatic carbocycles. The minimum absolute atomic E-state index is 0.121. The first-order chi connectivity index (χ1) is 15.2. The van der Waals surface area contributed by atoms with Gasteiger partial charge in [0.2, 0.25) is 5.88 Å². The van der Waals surface area contributed by atoms with Crippen molar-refractivity contribution in [2.24, 2.45) is 0 Å². The largest absolute Gasteiger partial charge is 0.493 e. The van der Waals surface area contributed by atoms with Gasteiger partial charge in [0.1, 0.15) is 6.10 Å². The summed E-state index contributed by atoms with van der Waals surface area (Å²) in [5.74, 6) is -0.121. The van der Waals surface area contributed by atoms with Crippen LogP contribution in [0.3, 0.4) is 0 Å². The van der Waals surface area contributed by atoms with Crippen LogP contribution in [0.5, 0.6) is 5.88 Å². The van der Waals surface area contributed by atoms with Crippen molar-refractivity contribution < 1.29 is 10.2 Å². The number of hydrogen-bond acceptors (Lipinski definition) is 5. The van der Waals surface area contributed by atoms with E-state index in [0.717, 1.165) is 16.0 Å². The maximum Gasteiger partial charge on any atom is 0.221 e. The predicted molar refractivity (Wildman–Crippen MR) is 121 cm³/mol. The van der Waals surface area contributed by atoms with Crippen LogP contribution >= 0.6 is 11.8 Å². The second-order valence-electron chi connectivity index (χ2n) is 7.08. The van der Waals surface area contributed by atoms with Crippen molar-refractivity contribution in [3.05, 3.63) is 108 Å². The lowest BCUT2D eigenvalue weighted by Crippen LogP contribution is -2.04. The van der Waals surface area contributed by atoms with Gasteiger partial charge in [-0.2, -0.15) is 9.61 Å². The highest BCUT2D eigenvalue weighted by atomic mass is 32.2. The number of nitrogens with zero attached hydrogens (tertiary/aromatic N) is 3. The van der Waals surface area contributed by atoms with Crippen LogP contribution < -0.4 is 0 Å². The Morgan fingerprint density at radius 2 is 1.42 bits per heavy atom. The van der Waals surface area contributed by atoms with Crippen molar-refractivity contribution in [3.63, 3.8) is 0 Å². The van der Waals surface area contributed by atoms with Gasteiger partial charge in [-0.1, -0.05) is 72.4 Å². The smallest absolute Gasteiger partial charge is 0.221 e. The van der Waals surface area contributed by atoms with Gasteiger partial charge in [0.05, 0.1) is 11.8 Å². The minimum atomic E-state index is -0.986. The first-order valence-electron chi connectivity index (χ1n) is 9.82. The predicted octanol–water partition coefficient (Wildman–Crippen LogP) is 5.33. The summed E-state index contributed by atoms with van der Waals surface area (Å²) in [5.41, 5.74) is 3.29. The van der Waals surface area contributed by atoms with E-state index in [1.54, 1.807) is 30.1 Å². The average molecular weight is 426 g/mol. The summed E-state index contributed by atoms with van der Waals surface area (Å²) < 4.78 is 1.36. The van der Waals surface area contributed by atoms with E-state index < -0.39 is 6.10 Å². The van der Waals surface area contributed by atoms with Crippen LogP contribution in [-0.4, -0.2) is 24.8 Å². The van der Waals surface area contributed by atoms with Gasteiger partial charge in [0, 0.05) is 21.6 Å². The molecule has 1 unspecified atom stereocenters. The third-order valence-electron chi connectivity index (χ3n) is 5.08. The molecule has 0 aliphatic carbocycles. The fraction of sp³-hybridized carbons (Fsp3) is 0.0400. The number of aliphatic hydroxyl groups is 1.